The molecule has 0 atom stereocenters. The molecule has 0 aliphatic carbocycles. The van der Waals surface area contributed by atoms with Crippen LogP contribution in [0, 0.1) is 0 Å². The molecule has 1 aromatic heterocycles. The lowest BCUT2D eigenvalue weighted by Crippen LogP contribution is -2.14. The predicted octanol–water partition coefficient (Wildman–Crippen LogP) is 0.948. The van der Waals surface area contributed by atoms with Crippen LogP contribution in [0.15, 0.2) is 29.1 Å². The van der Waals surface area contributed by atoms with Gasteiger partial charge in [0, 0.05) is 7.11 Å². The summed E-state index contributed by atoms with van der Waals surface area (Å²) >= 11 is 0. The Morgan fingerprint density at radius 3 is 2.94 bits per heavy atom. The molecule has 0 aliphatic rings. The van der Waals surface area contributed by atoms with Crippen LogP contribution in [0.2, 0.25) is 0 Å². The predicted molar refractivity (Wildman–Crippen MR) is 59.7 cm³/mol. The molecule has 2 rings (SSSR count). The Morgan fingerprint density at radius 2 is 2.12 bits per heavy atom. The van der Waals surface area contributed by atoms with Gasteiger partial charge in [-0.05, 0) is 12.1 Å². The third-order valence-corrected chi connectivity index (χ3v) is 2.13. The van der Waals surface area contributed by atoms with E-state index in [1.165, 1.54) is 0 Å². The van der Waals surface area contributed by atoms with Gasteiger partial charge in [0.2, 0.25) is 5.88 Å². The van der Waals surface area contributed by atoms with Crippen LogP contribution in [0.4, 0.5) is 0 Å². The molecule has 0 radical (unpaired) electrons. The van der Waals surface area contributed by atoms with Gasteiger partial charge in [0.15, 0.2) is 0 Å². The average molecular weight is 220 g/mol. The zero-order valence-electron chi connectivity index (χ0n) is 8.90. The molecule has 1 aromatic carbocycles. The van der Waals surface area contributed by atoms with Crippen molar-refractivity contribution in [1.82, 2.24) is 9.97 Å². The van der Waals surface area contributed by atoms with E-state index in [1.807, 2.05) is 24.3 Å². The van der Waals surface area contributed by atoms with Crippen LogP contribution in [0.25, 0.3) is 10.9 Å². The lowest BCUT2D eigenvalue weighted by molar-refractivity contribution is 0.144. The smallest absolute Gasteiger partial charge is 0.348 e. The van der Waals surface area contributed by atoms with Gasteiger partial charge in [-0.15, -0.1) is 0 Å². The average Bonchev–Trinajstić information content (AvgIpc) is 2.29. The first-order chi connectivity index (χ1) is 7.81. The van der Waals surface area contributed by atoms with E-state index in [0.717, 1.165) is 10.9 Å². The molecular weight excluding hydrogens is 208 g/mol. The van der Waals surface area contributed by atoms with Crippen molar-refractivity contribution in [2.24, 2.45) is 0 Å². The van der Waals surface area contributed by atoms with Gasteiger partial charge in [-0.25, -0.2) is 4.79 Å². The van der Waals surface area contributed by atoms with Crippen molar-refractivity contribution < 1.29 is 9.47 Å². The Hall–Kier alpha value is -1.88. The van der Waals surface area contributed by atoms with Crippen LogP contribution in [0.1, 0.15) is 0 Å². The van der Waals surface area contributed by atoms with Crippen LogP contribution in [0.5, 0.6) is 5.88 Å². The molecule has 0 bridgehead atoms. The van der Waals surface area contributed by atoms with E-state index in [2.05, 4.69) is 9.97 Å². The van der Waals surface area contributed by atoms with Crippen LogP contribution in [-0.4, -0.2) is 30.3 Å². The standard InChI is InChI=1S/C11H12N2O3/c1-15-6-7-16-10-8-4-2-3-5-9(8)12-11(14)13-10/h2-5H,6-7H2,1H3,(H,12,13,14). The Kier molecular flexibility index (Phi) is 3.16. The summed E-state index contributed by atoms with van der Waals surface area (Å²) < 4.78 is 10.3. The van der Waals surface area contributed by atoms with E-state index in [-0.39, 0.29) is 0 Å². The summed E-state index contributed by atoms with van der Waals surface area (Å²) in [4.78, 5) is 17.7. The molecule has 5 nitrogen and oxygen atoms in total. The second-order valence-corrected chi connectivity index (χ2v) is 3.23. The molecule has 84 valence electrons. The van der Waals surface area contributed by atoms with E-state index in [4.69, 9.17) is 9.47 Å². The number of para-hydroxylation sites is 1. The van der Waals surface area contributed by atoms with Gasteiger partial charge >= 0.3 is 5.69 Å². The number of nitrogens with zero attached hydrogens (tertiary/aromatic N) is 1. The fraction of sp³-hybridized carbons (Fsp3) is 0.273. The number of aromatic nitrogens is 2. The SMILES string of the molecule is COCCOc1nc(=O)[nH]c2ccccc12. The first kappa shape index (κ1) is 10.6. The van der Waals surface area contributed by atoms with Crippen LogP contribution in [-0.2, 0) is 4.74 Å². The Morgan fingerprint density at radius 1 is 1.31 bits per heavy atom. The minimum atomic E-state index is -0.411. The van der Waals surface area contributed by atoms with E-state index in [9.17, 15) is 4.79 Å². The number of ether oxygens (including phenoxy) is 2. The molecule has 0 saturated heterocycles. The van der Waals surface area contributed by atoms with Gasteiger partial charge in [0.1, 0.15) is 6.61 Å². The number of H-pyrrole nitrogens is 1. The van der Waals surface area contributed by atoms with Crippen LogP contribution < -0.4 is 10.4 Å². The number of benzene rings is 1. The third-order valence-electron chi connectivity index (χ3n) is 2.13. The number of hydrogen-bond donors (Lipinski definition) is 1. The highest BCUT2D eigenvalue weighted by atomic mass is 16.5. The maximum absolute atomic E-state index is 11.3. The fourth-order valence-electron chi connectivity index (χ4n) is 1.41. The summed E-state index contributed by atoms with van der Waals surface area (Å²) in [6.45, 7) is 0.833. The number of fused-ring (bicyclic) bond motifs is 1. The number of methoxy groups -OCH3 is 1. The summed E-state index contributed by atoms with van der Waals surface area (Å²) in [5.74, 6) is 0.344. The topological polar surface area (TPSA) is 64.2 Å². The van der Waals surface area contributed by atoms with Gasteiger partial charge in [0.25, 0.3) is 0 Å². The van der Waals surface area contributed by atoms with Gasteiger partial charge in [-0.1, -0.05) is 12.1 Å². The Bertz CT molecular complexity index is 536. The molecule has 2 aromatic rings. The van der Waals surface area contributed by atoms with Gasteiger partial charge < -0.3 is 14.5 Å². The van der Waals surface area contributed by atoms with Crippen molar-refractivity contribution >= 4 is 10.9 Å². The van der Waals surface area contributed by atoms with Crippen LogP contribution in [0.3, 0.4) is 0 Å². The highest BCUT2D eigenvalue weighted by Gasteiger charge is 2.04. The quantitative estimate of drug-likeness (QED) is 0.779. The van der Waals surface area contributed by atoms with Crippen molar-refractivity contribution in [2.45, 2.75) is 0 Å². The lowest BCUT2D eigenvalue weighted by Gasteiger charge is -2.06. The third kappa shape index (κ3) is 2.20. The molecule has 0 saturated carbocycles. The zero-order chi connectivity index (χ0) is 11.4. The molecule has 0 fully saturated rings. The van der Waals surface area contributed by atoms with Crippen molar-refractivity contribution in [3.05, 3.63) is 34.7 Å². The molecule has 5 heteroatoms. The fourth-order valence-corrected chi connectivity index (χ4v) is 1.41. The highest BCUT2D eigenvalue weighted by Crippen LogP contribution is 2.18. The van der Waals surface area contributed by atoms with E-state index >= 15 is 0 Å². The normalized spacial score (nSPS) is 10.6. The molecule has 1 N–H and O–H groups in total. The van der Waals surface area contributed by atoms with Crippen molar-refractivity contribution in [3.8, 4) is 5.88 Å². The molecule has 0 aliphatic heterocycles. The number of hydrogen-bond acceptors (Lipinski definition) is 4. The summed E-state index contributed by atoms with van der Waals surface area (Å²) in [5.41, 5.74) is 0.307. The number of nitrogens with one attached hydrogen (secondary N) is 1. The minimum Gasteiger partial charge on any atom is -0.475 e. The van der Waals surface area contributed by atoms with E-state index < -0.39 is 5.69 Å². The molecule has 16 heavy (non-hydrogen) atoms. The summed E-state index contributed by atoms with van der Waals surface area (Å²) in [5, 5.41) is 0.790. The number of aromatic amines is 1. The number of rotatable bonds is 4. The van der Waals surface area contributed by atoms with Gasteiger partial charge in [-0.2, -0.15) is 4.98 Å². The second kappa shape index (κ2) is 4.76. The van der Waals surface area contributed by atoms with E-state index in [1.54, 1.807) is 7.11 Å². The van der Waals surface area contributed by atoms with Crippen molar-refractivity contribution in [1.29, 1.82) is 0 Å². The Labute approximate surface area is 92.0 Å². The first-order valence-corrected chi connectivity index (χ1v) is 4.92. The van der Waals surface area contributed by atoms with Crippen molar-refractivity contribution in [2.75, 3.05) is 20.3 Å². The van der Waals surface area contributed by atoms with Gasteiger partial charge in [0.05, 0.1) is 17.5 Å². The molecule has 0 spiro atoms. The minimum absolute atomic E-state index is 0.344. The second-order valence-electron chi connectivity index (χ2n) is 3.23. The summed E-state index contributed by atoms with van der Waals surface area (Å²) in [7, 11) is 1.59. The maximum atomic E-state index is 11.3. The highest BCUT2D eigenvalue weighted by molar-refractivity contribution is 5.82. The first-order valence-electron chi connectivity index (χ1n) is 4.92. The van der Waals surface area contributed by atoms with Crippen molar-refractivity contribution in [3.63, 3.8) is 0 Å². The van der Waals surface area contributed by atoms with Crippen LogP contribution >= 0.6 is 0 Å². The molecule has 0 amide bonds. The summed E-state index contributed by atoms with van der Waals surface area (Å²) in [6.07, 6.45) is 0. The lowest BCUT2D eigenvalue weighted by atomic mass is 10.2. The molecule has 0 unspecified atom stereocenters. The largest absolute Gasteiger partial charge is 0.475 e. The summed E-state index contributed by atoms with van der Waals surface area (Å²) in [6, 6.07) is 7.37. The Balaban J connectivity index is 2.38. The zero-order valence-corrected chi connectivity index (χ0v) is 8.90. The van der Waals surface area contributed by atoms with E-state index in [0.29, 0.717) is 19.1 Å². The van der Waals surface area contributed by atoms with Gasteiger partial charge in [-0.3, -0.25) is 0 Å². The monoisotopic (exact) mass is 220 g/mol. The maximum Gasteiger partial charge on any atom is 0.348 e. The molecule has 1 heterocycles. The molecular formula is C11H12N2O3.